The molecule has 1 unspecified atom stereocenters. The average molecular weight is 345 g/mol. The number of alkyl halides is 3. The third-order valence-corrected chi connectivity index (χ3v) is 3.54. The molecular formula is C15H12ClF3N2O2. The first-order chi connectivity index (χ1) is 10.8. The number of amides is 1. The van der Waals surface area contributed by atoms with Crippen molar-refractivity contribution in [3.05, 3.63) is 64.9 Å². The standard InChI is InChI=1S/C15H12ClF3N2O2/c16-12-8-20-7-6-11(12)13(22)21-9-14(23,15(17,18)19)10-4-2-1-3-5-10/h1-8,23H,9H2,(H,21,22). The summed E-state index contributed by atoms with van der Waals surface area (Å²) in [5.41, 5.74) is -3.60. The van der Waals surface area contributed by atoms with E-state index in [4.69, 9.17) is 11.6 Å². The topological polar surface area (TPSA) is 62.2 Å². The van der Waals surface area contributed by atoms with E-state index in [1.54, 1.807) is 0 Å². The summed E-state index contributed by atoms with van der Waals surface area (Å²) in [6, 6.07) is 7.81. The van der Waals surface area contributed by atoms with Crippen molar-refractivity contribution in [2.75, 3.05) is 6.54 Å². The van der Waals surface area contributed by atoms with E-state index in [2.05, 4.69) is 10.3 Å². The lowest BCUT2D eigenvalue weighted by molar-refractivity contribution is -0.263. The third-order valence-electron chi connectivity index (χ3n) is 3.24. The largest absolute Gasteiger partial charge is 0.423 e. The van der Waals surface area contributed by atoms with E-state index < -0.39 is 24.2 Å². The van der Waals surface area contributed by atoms with Crippen molar-refractivity contribution < 1.29 is 23.1 Å². The number of carbonyl (C=O) groups is 1. The molecule has 8 heteroatoms. The molecule has 0 aliphatic carbocycles. The second-order valence-electron chi connectivity index (χ2n) is 4.76. The Hall–Kier alpha value is -2.12. The van der Waals surface area contributed by atoms with Crippen molar-refractivity contribution in [2.24, 2.45) is 0 Å². The molecule has 1 atom stereocenters. The fourth-order valence-electron chi connectivity index (χ4n) is 1.94. The van der Waals surface area contributed by atoms with Gasteiger partial charge in [0.05, 0.1) is 17.1 Å². The van der Waals surface area contributed by atoms with Gasteiger partial charge in [-0.3, -0.25) is 9.78 Å². The van der Waals surface area contributed by atoms with Crippen LogP contribution >= 0.6 is 11.6 Å². The van der Waals surface area contributed by atoms with Crippen molar-refractivity contribution in [2.45, 2.75) is 11.8 Å². The highest BCUT2D eigenvalue weighted by Gasteiger charge is 2.55. The number of nitrogens with one attached hydrogen (secondary N) is 1. The molecule has 23 heavy (non-hydrogen) atoms. The lowest BCUT2D eigenvalue weighted by atomic mass is 9.93. The van der Waals surface area contributed by atoms with Gasteiger partial charge in [-0.05, 0) is 11.6 Å². The predicted molar refractivity (Wildman–Crippen MR) is 78.0 cm³/mol. The molecule has 1 aromatic carbocycles. The SMILES string of the molecule is O=C(NCC(O)(c1ccccc1)C(F)(F)F)c1ccncc1Cl. The smallest absolute Gasteiger partial charge is 0.375 e. The number of pyridine rings is 1. The molecule has 0 fully saturated rings. The number of aromatic nitrogens is 1. The summed E-state index contributed by atoms with van der Waals surface area (Å²) in [5, 5.41) is 12.2. The molecule has 0 radical (unpaired) electrons. The van der Waals surface area contributed by atoms with Gasteiger partial charge in [0.15, 0.2) is 0 Å². The minimum absolute atomic E-state index is 0.000240. The zero-order chi connectivity index (χ0) is 17.1. The van der Waals surface area contributed by atoms with E-state index in [1.165, 1.54) is 36.7 Å². The molecular weight excluding hydrogens is 333 g/mol. The molecule has 0 saturated carbocycles. The Balaban J connectivity index is 2.24. The summed E-state index contributed by atoms with van der Waals surface area (Å²) in [6.07, 6.45) is -2.48. The van der Waals surface area contributed by atoms with Crippen LogP contribution in [0, 0.1) is 0 Å². The van der Waals surface area contributed by atoms with Gasteiger partial charge in [-0.2, -0.15) is 13.2 Å². The monoisotopic (exact) mass is 344 g/mol. The van der Waals surface area contributed by atoms with Crippen LogP contribution < -0.4 is 5.32 Å². The molecule has 122 valence electrons. The van der Waals surface area contributed by atoms with Crippen LogP contribution in [0.3, 0.4) is 0 Å². The quantitative estimate of drug-likeness (QED) is 0.896. The van der Waals surface area contributed by atoms with Crippen LogP contribution in [0.1, 0.15) is 15.9 Å². The molecule has 1 amide bonds. The van der Waals surface area contributed by atoms with Gasteiger partial charge < -0.3 is 10.4 Å². The summed E-state index contributed by atoms with van der Waals surface area (Å²) >= 11 is 5.77. The normalized spacial score (nSPS) is 14.1. The van der Waals surface area contributed by atoms with Crippen LogP contribution in [0.4, 0.5) is 13.2 Å². The van der Waals surface area contributed by atoms with Crippen LogP contribution in [-0.2, 0) is 5.60 Å². The first kappa shape index (κ1) is 17.2. The summed E-state index contributed by atoms with van der Waals surface area (Å²) in [7, 11) is 0. The number of nitrogens with zero attached hydrogens (tertiary/aromatic N) is 1. The molecule has 0 bridgehead atoms. The van der Waals surface area contributed by atoms with Crippen molar-refractivity contribution in [3.8, 4) is 0 Å². The molecule has 0 aliphatic rings. The molecule has 0 spiro atoms. The maximum atomic E-state index is 13.3. The van der Waals surface area contributed by atoms with Crippen molar-refractivity contribution >= 4 is 17.5 Å². The number of halogens is 4. The number of rotatable bonds is 4. The molecule has 4 nitrogen and oxygen atoms in total. The average Bonchev–Trinajstić information content (AvgIpc) is 2.52. The van der Waals surface area contributed by atoms with Gasteiger partial charge >= 0.3 is 6.18 Å². The summed E-state index contributed by atoms with van der Waals surface area (Å²) < 4.78 is 39.9. The predicted octanol–water partition coefficient (Wildman–Crippen LogP) is 2.91. The van der Waals surface area contributed by atoms with E-state index in [0.717, 1.165) is 12.1 Å². The number of hydrogen-bond acceptors (Lipinski definition) is 3. The van der Waals surface area contributed by atoms with Gasteiger partial charge in [0.25, 0.3) is 5.91 Å². The van der Waals surface area contributed by atoms with Gasteiger partial charge in [-0.1, -0.05) is 41.9 Å². The number of carbonyl (C=O) groups excluding carboxylic acids is 1. The van der Waals surface area contributed by atoms with Crippen molar-refractivity contribution in [1.29, 1.82) is 0 Å². The first-order valence-corrected chi connectivity index (χ1v) is 6.86. The minimum Gasteiger partial charge on any atom is -0.375 e. The number of benzene rings is 1. The van der Waals surface area contributed by atoms with Crippen molar-refractivity contribution in [1.82, 2.24) is 10.3 Å². The Bertz CT molecular complexity index is 695. The lowest BCUT2D eigenvalue weighted by Crippen LogP contribution is -2.51. The minimum atomic E-state index is -4.97. The molecule has 1 aromatic heterocycles. The summed E-state index contributed by atoms with van der Waals surface area (Å²) in [5.74, 6) is -0.837. The van der Waals surface area contributed by atoms with Crippen LogP contribution in [0.15, 0.2) is 48.8 Å². The Kier molecular flexibility index (Phi) is 4.91. The fraction of sp³-hybridized carbons (Fsp3) is 0.200. The van der Waals surface area contributed by atoms with E-state index >= 15 is 0 Å². The number of aliphatic hydroxyl groups is 1. The van der Waals surface area contributed by atoms with Crippen LogP contribution in [0.5, 0.6) is 0 Å². The zero-order valence-electron chi connectivity index (χ0n) is 11.6. The highest BCUT2D eigenvalue weighted by molar-refractivity contribution is 6.33. The van der Waals surface area contributed by atoms with Crippen molar-refractivity contribution in [3.63, 3.8) is 0 Å². The highest BCUT2D eigenvalue weighted by atomic mass is 35.5. The molecule has 2 aromatic rings. The second kappa shape index (κ2) is 6.55. The number of hydrogen-bond donors (Lipinski definition) is 2. The van der Waals surface area contributed by atoms with E-state index in [1.807, 2.05) is 0 Å². The van der Waals surface area contributed by atoms with Gasteiger partial charge in [-0.15, -0.1) is 0 Å². The van der Waals surface area contributed by atoms with E-state index in [0.29, 0.717) is 0 Å². The van der Waals surface area contributed by atoms with E-state index in [9.17, 15) is 23.1 Å². The summed E-state index contributed by atoms with van der Waals surface area (Å²) in [6.45, 7) is -1.04. The maximum Gasteiger partial charge on any atom is 0.423 e. The highest BCUT2D eigenvalue weighted by Crippen LogP contribution is 2.38. The molecule has 0 aliphatic heterocycles. The molecule has 1 heterocycles. The fourth-order valence-corrected chi connectivity index (χ4v) is 2.15. The summed E-state index contributed by atoms with van der Waals surface area (Å²) in [4.78, 5) is 15.7. The first-order valence-electron chi connectivity index (χ1n) is 6.48. The zero-order valence-corrected chi connectivity index (χ0v) is 12.4. The Morgan fingerprint density at radius 2 is 1.87 bits per heavy atom. The van der Waals surface area contributed by atoms with Crippen LogP contribution in [0.25, 0.3) is 0 Å². The Labute approximate surface area is 134 Å². The van der Waals surface area contributed by atoms with Gasteiger partial charge in [0.1, 0.15) is 0 Å². The second-order valence-corrected chi connectivity index (χ2v) is 5.17. The molecule has 2 rings (SSSR count). The van der Waals surface area contributed by atoms with Gasteiger partial charge in [-0.25, -0.2) is 0 Å². The van der Waals surface area contributed by atoms with Gasteiger partial charge in [0, 0.05) is 12.4 Å². The molecule has 2 N–H and O–H groups in total. The van der Waals surface area contributed by atoms with Crippen LogP contribution in [0.2, 0.25) is 5.02 Å². The third kappa shape index (κ3) is 3.62. The van der Waals surface area contributed by atoms with E-state index in [-0.39, 0.29) is 16.1 Å². The van der Waals surface area contributed by atoms with Crippen LogP contribution in [-0.4, -0.2) is 28.7 Å². The Morgan fingerprint density at radius 3 is 2.43 bits per heavy atom. The molecule has 0 saturated heterocycles. The lowest BCUT2D eigenvalue weighted by Gasteiger charge is -2.31. The Morgan fingerprint density at radius 1 is 1.22 bits per heavy atom. The maximum absolute atomic E-state index is 13.3. The van der Waals surface area contributed by atoms with Gasteiger partial charge in [0.2, 0.25) is 5.60 Å².